The van der Waals surface area contributed by atoms with Gasteiger partial charge in [-0.05, 0) is 24.6 Å². The molecule has 0 aromatic heterocycles. The molecule has 2 aromatic carbocycles. The van der Waals surface area contributed by atoms with Crippen LogP contribution in [0.3, 0.4) is 0 Å². The zero-order chi connectivity index (χ0) is 20.4. The van der Waals surface area contributed by atoms with Gasteiger partial charge < -0.3 is 9.64 Å². The van der Waals surface area contributed by atoms with Crippen molar-refractivity contribution in [1.29, 1.82) is 0 Å². The van der Waals surface area contributed by atoms with Gasteiger partial charge in [0.15, 0.2) is 21.1 Å². The van der Waals surface area contributed by atoms with Crippen LogP contribution in [0.1, 0.15) is 12.5 Å². The standard InChI is InChI=1S/C21H22N2O4S2/c1-15(27-17-10-6-3-7-11-17)20(24)22-21-23(12-16-8-4-2-5-9-16)18-13-29(25,26)14-19(18)28-21/h2-11,15,18-19H,12-14H2,1H3/t15-,18-,19+/m1/s1. The van der Waals surface area contributed by atoms with Gasteiger partial charge in [-0.15, -0.1) is 0 Å². The van der Waals surface area contributed by atoms with Crippen LogP contribution in [-0.4, -0.2) is 53.3 Å². The fraction of sp³-hybridized carbons (Fsp3) is 0.333. The van der Waals surface area contributed by atoms with Gasteiger partial charge in [-0.25, -0.2) is 8.42 Å². The molecule has 4 rings (SSSR count). The third-order valence-corrected chi connectivity index (χ3v) is 8.23. The minimum Gasteiger partial charge on any atom is -0.481 e. The number of carbonyl (C=O) groups excluding carboxylic acids is 1. The number of fused-ring (bicyclic) bond motifs is 1. The molecule has 3 atom stereocenters. The van der Waals surface area contributed by atoms with Gasteiger partial charge in [-0.2, -0.15) is 4.99 Å². The second-order valence-corrected chi connectivity index (χ2v) is 10.6. The van der Waals surface area contributed by atoms with Crippen molar-refractivity contribution in [2.45, 2.75) is 30.9 Å². The number of hydrogen-bond acceptors (Lipinski definition) is 5. The normalized spacial score (nSPS) is 25.0. The number of sulfone groups is 1. The molecule has 2 aliphatic heterocycles. The van der Waals surface area contributed by atoms with E-state index in [0.717, 1.165) is 5.56 Å². The number of hydrogen-bond donors (Lipinski definition) is 0. The Kier molecular flexibility index (Phi) is 5.65. The smallest absolute Gasteiger partial charge is 0.288 e. The number of nitrogens with zero attached hydrogens (tertiary/aromatic N) is 2. The monoisotopic (exact) mass is 430 g/mol. The lowest BCUT2D eigenvalue weighted by Gasteiger charge is -2.24. The van der Waals surface area contributed by atoms with E-state index in [1.54, 1.807) is 19.1 Å². The van der Waals surface area contributed by atoms with Crippen molar-refractivity contribution in [3.05, 3.63) is 66.2 Å². The lowest BCUT2D eigenvalue weighted by molar-refractivity contribution is -0.123. The summed E-state index contributed by atoms with van der Waals surface area (Å²) >= 11 is 1.38. The molecule has 0 unspecified atom stereocenters. The van der Waals surface area contributed by atoms with Crippen molar-refractivity contribution in [2.75, 3.05) is 11.5 Å². The first-order valence-electron chi connectivity index (χ1n) is 9.43. The molecule has 0 aliphatic carbocycles. The molecular formula is C21H22N2O4S2. The quantitative estimate of drug-likeness (QED) is 0.726. The van der Waals surface area contributed by atoms with Gasteiger partial charge in [0.25, 0.3) is 5.91 Å². The van der Waals surface area contributed by atoms with Crippen LogP contribution in [0.5, 0.6) is 5.75 Å². The van der Waals surface area contributed by atoms with E-state index in [9.17, 15) is 13.2 Å². The van der Waals surface area contributed by atoms with Crippen LogP contribution >= 0.6 is 11.8 Å². The molecule has 2 saturated heterocycles. The molecule has 6 nitrogen and oxygen atoms in total. The molecule has 0 saturated carbocycles. The zero-order valence-corrected chi connectivity index (χ0v) is 17.6. The van der Waals surface area contributed by atoms with Crippen LogP contribution in [0.2, 0.25) is 0 Å². The molecule has 8 heteroatoms. The minimum absolute atomic E-state index is 0.0967. The minimum atomic E-state index is -3.07. The SMILES string of the molecule is C[C@@H](Oc1ccccc1)C(=O)N=C1S[C@H]2CS(=O)(=O)C[C@H]2N1Cc1ccccc1. The lowest BCUT2D eigenvalue weighted by Crippen LogP contribution is -2.37. The van der Waals surface area contributed by atoms with Crippen LogP contribution in [-0.2, 0) is 21.2 Å². The van der Waals surface area contributed by atoms with Crippen LogP contribution < -0.4 is 4.74 Å². The number of ether oxygens (including phenoxy) is 1. The maximum absolute atomic E-state index is 12.7. The number of thioether (sulfide) groups is 1. The number of rotatable bonds is 5. The van der Waals surface area contributed by atoms with Gasteiger partial charge in [0, 0.05) is 11.8 Å². The number of carbonyl (C=O) groups is 1. The van der Waals surface area contributed by atoms with Crippen LogP contribution in [0.4, 0.5) is 0 Å². The van der Waals surface area contributed by atoms with E-state index < -0.39 is 15.9 Å². The van der Waals surface area contributed by atoms with Crippen molar-refractivity contribution < 1.29 is 17.9 Å². The molecule has 2 fully saturated rings. The molecule has 1 amide bonds. The predicted octanol–water partition coefficient (Wildman–Crippen LogP) is 2.75. The molecule has 2 aromatic rings. The average molecular weight is 431 g/mol. The molecule has 2 aliphatic rings. The van der Waals surface area contributed by atoms with Gasteiger partial charge in [-0.1, -0.05) is 60.3 Å². The van der Waals surface area contributed by atoms with E-state index in [1.807, 2.05) is 53.4 Å². The maximum atomic E-state index is 12.7. The third-order valence-electron chi connectivity index (χ3n) is 4.98. The molecule has 0 N–H and O–H groups in total. The fourth-order valence-corrected chi connectivity index (χ4v) is 7.50. The van der Waals surface area contributed by atoms with Gasteiger partial charge in [0.2, 0.25) is 0 Å². The Hall–Kier alpha value is -2.32. The summed E-state index contributed by atoms with van der Waals surface area (Å²) in [6.07, 6.45) is -0.728. The van der Waals surface area contributed by atoms with E-state index in [0.29, 0.717) is 17.5 Å². The first kappa shape index (κ1) is 20.0. The number of aliphatic imine (C=N–C) groups is 1. The largest absolute Gasteiger partial charge is 0.481 e. The van der Waals surface area contributed by atoms with E-state index in [1.165, 1.54) is 11.8 Å². The second kappa shape index (κ2) is 8.20. The highest BCUT2D eigenvalue weighted by molar-refractivity contribution is 8.15. The number of benzene rings is 2. The van der Waals surface area contributed by atoms with Crippen LogP contribution in [0.25, 0.3) is 0 Å². The Bertz CT molecular complexity index is 1010. The zero-order valence-electron chi connectivity index (χ0n) is 16.0. The summed E-state index contributed by atoms with van der Waals surface area (Å²) < 4.78 is 29.9. The average Bonchev–Trinajstić information content (AvgIpc) is 3.15. The number of amidine groups is 1. The Morgan fingerprint density at radius 3 is 2.48 bits per heavy atom. The summed E-state index contributed by atoms with van der Waals surface area (Å²) in [6.45, 7) is 2.19. The van der Waals surface area contributed by atoms with Crippen LogP contribution in [0.15, 0.2) is 65.7 Å². The van der Waals surface area contributed by atoms with Crippen molar-refractivity contribution in [1.82, 2.24) is 4.90 Å². The van der Waals surface area contributed by atoms with Gasteiger partial charge in [0.1, 0.15) is 5.75 Å². The molecule has 29 heavy (non-hydrogen) atoms. The van der Waals surface area contributed by atoms with Crippen molar-refractivity contribution >= 4 is 32.7 Å². The van der Waals surface area contributed by atoms with Crippen LogP contribution in [0, 0.1) is 0 Å². The topological polar surface area (TPSA) is 76.0 Å². The highest BCUT2D eigenvalue weighted by Crippen LogP contribution is 2.39. The first-order chi connectivity index (χ1) is 13.9. The first-order valence-corrected chi connectivity index (χ1v) is 12.1. The summed E-state index contributed by atoms with van der Waals surface area (Å²) in [6, 6.07) is 18.8. The van der Waals surface area contributed by atoms with Gasteiger partial charge in [-0.3, -0.25) is 4.79 Å². The van der Waals surface area contributed by atoms with E-state index >= 15 is 0 Å². The molecular weight excluding hydrogens is 408 g/mol. The van der Waals surface area contributed by atoms with Crippen molar-refractivity contribution in [2.24, 2.45) is 4.99 Å². The summed E-state index contributed by atoms with van der Waals surface area (Å²) in [7, 11) is -3.07. The Labute approximate surface area is 174 Å². The van der Waals surface area contributed by atoms with E-state index in [2.05, 4.69) is 4.99 Å². The fourth-order valence-electron chi connectivity index (χ4n) is 3.54. The highest BCUT2D eigenvalue weighted by Gasteiger charge is 2.48. The molecule has 0 bridgehead atoms. The second-order valence-electron chi connectivity index (χ2n) is 7.22. The lowest BCUT2D eigenvalue weighted by atomic mass is 10.1. The maximum Gasteiger partial charge on any atom is 0.288 e. The molecule has 0 radical (unpaired) electrons. The Balaban J connectivity index is 1.54. The molecule has 0 spiro atoms. The van der Waals surface area contributed by atoms with E-state index in [-0.39, 0.29) is 28.7 Å². The summed E-state index contributed by atoms with van der Waals surface area (Å²) in [4.78, 5) is 19.0. The summed E-state index contributed by atoms with van der Waals surface area (Å²) in [5.74, 6) is 0.450. The molecule has 2 heterocycles. The van der Waals surface area contributed by atoms with Gasteiger partial charge in [0.05, 0.1) is 17.5 Å². The van der Waals surface area contributed by atoms with Crippen molar-refractivity contribution in [3.63, 3.8) is 0 Å². The van der Waals surface area contributed by atoms with Crippen molar-refractivity contribution in [3.8, 4) is 5.75 Å². The predicted molar refractivity (Wildman–Crippen MR) is 115 cm³/mol. The van der Waals surface area contributed by atoms with E-state index in [4.69, 9.17) is 4.74 Å². The Morgan fingerprint density at radius 1 is 1.14 bits per heavy atom. The Morgan fingerprint density at radius 2 is 1.79 bits per heavy atom. The summed E-state index contributed by atoms with van der Waals surface area (Å²) in [5, 5.41) is 0.480. The number of para-hydroxylation sites is 1. The molecule has 152 valence electrons. The number of amides is 1. The third kappa shape index (κ3) is 4.64. The summed E-state index contributed by atoms with van der Waals surface area (Å²) in [5.41, 5.74) is 1.05. The van der Waals surface area contributed by atoms with Gasteiger partial charge >= 0.3 is 0 Å². The highest BCUT2D eigenvalue weighted by atomic mass is 32.2.